The van der Waals surface area contributed by atoms with Crippen molar-refractivity contribution in [3.8, 4) is 5.75 Å². The molecule has 1 aliphatic heterocycles. The number of aromatic nitrogens is 2. The first-order chi connectivity index (χ1) is 13.6. The second kappa shape index (κ2) is 8.15. The van der Waals surface area contributed by atoms with E-state index in [-0.39, 0.29) is 5.56 Å². The third kappa shape index (κ3) is 3.94. The molecule has 1 aliphatic rings. The van der Waals surface area contributed by atoms with E-state index in [0.717, 1.165) is 30.0 Å². The highest BCUT2D eigenvalue weighted by molar-refractivity contribution is 5.40. The lowest BCUT2D eigenvalue weighted by Crippen LogP contribution is -2.29. The molecule has 3 aromatic rings. The van der Waals surface area contributed by atoms with Crippen molar-refractivity contribution < 1.29 is 4.74 Å². The van der Waals surface area contributed by atoms with E-state index < -0.39 is 0 Å². The van der Waals surface area contributed by atoms with Gasteiger partial charge >= 0.3 is 0 Å². The number of hydrogen-bond donors (Lipinski definition) is 0. The van der Waals surface area contributed by atoms with Crippen LogP contribution >= 0.6 is 0 Å². The Morgan fingerprint density at radius 2 is 1.93 bits per heavy atom. The monoisotopic (exact) mass is 377 g/mol. The predicted octanol–water partition coefficient (Wildman–Crippen LogP) is 4.13. The maximum Gasteiger partial charge on any atom is 0.258 e. The van der Waals surface area contributed by atoms with Crippen LogP contribution in [-0.2, 0) is 6.54 Å². The van der Waals surface area contributed by atoms with Crippen molar-refractivity contribution in [3.63, 3.8) is 0 Å². The van der Waals surface area contributed by atoms with Crippen molar-refractivity contribution >= 4 is 5.65 Å². The van der Waals surface area contributed by atoms with Crippen molar-refractivity contribution in [2.24, 2.45) is 0 Å². The number of fused-ring (bicyclic) bond motifs is 1. The summed E-state index contributed by atoms with van der Waals surface area (Å²) < 4.78 is 6.93. The van der Waals surface area contributed by atoms with E-state index in [9.17, 15) is 4.79 Å². The normalized spacial score (nSPS) is 18.1. The molecule has 1 fully saturated rings. The van der Waals surface area contributed by atoms with E-state index in [0.29, 0.717) is 18.2 Å². The molecule has 0 aliphatic carbocycles. The van der Waals surface area contributed by atoms with Crippen molar-refractivity contribution in [2.75, 3.05) is 13.7 Å². The summed E-state index contributed by atoms with van der Waals surface area (Å²) in [6, 6.07) is 14.3. The average Bonchev–Trinajstić information content (AvgIpc) is 2.94. The van der Waals surface area contributed by atoms with E-state index in [2.05, 4.69) is 17.0 Å². The Bertz CT molecular complexity index is 1010. The van der Waals surface area contributed by atoms with Crippen LogP contribution in [-0.4, -0.2) is 27.9 Å². The zero-order valence-corrected chi connectivity index (χ0v) is 16.6. The van der Waals surface area contributed by atoms with Crippen LogP contribution in [0.5, 0.6) is 5.75 Å². The zero-order valence-electron chi connectivity index (χ0n) is 16.6. The SMILES string of the molecule is COc1ccc([C@@H]2CCCCCN2Cc2cc(=O)n3cc(C)ccc3n2)cc1. The highest BCUT2D eigenvalue weighted by Gasteiger charge is 2.23. The van der Waals surface area contributed by atoms with Gasteiger partial charge in [-0.15, -0.1) is 0 Å². The number of likely N-dealkylation sites (tertiary alicyclic amines) is 1. The number of ether oxygens (including phenoxy) is 1. The molecule has 4 rings (SSSR count). The van der Waals surface area contributed by atoms with Gasteiger partial charge < -0.3 is 4.74 Å². The highest BCUT2D eigenvalue weighted by Crippen LogP contribution is 2.32. The molecule has 146 valence electrons. The molecule has 28 heavy (non-hydrogen) atoms. The Balaban J connectivity index is 1.64. The Kier molecular flexibility index (Phi) is 5.44. The first-order valence-electron chi connectivity index (χ1n) is 10.0. The summed E-state index contributed by atoms with van der Waals surface area (Å²) in [5.74, 6) is 0.878. The molecule has 1 atom stereocenters. The molecule has 3 heterocycles. The van der Waals surface area contributed by atoms with E-state index in [1.54, 1.807) is 17.6 Å². The number of aryl methyl sites for hydroxylation is 1. The van der Waals surface area contributed by atoms with E-state index in [1.807, 2.05) is 37.4 Å². The van der Waals surface area contributed by atoms with Gasteiger partial charge in [0.2, 0.25) is 0 Å². The smallest absolute Gasteiger partial charge is 0.258 e. The van der Waals surface area contributed by atoms with Gasteiger partial charge in [0.1, 0.15) is 11.4 Å². The summed E-state index contributed by atoms with van der Waals surface area (Å²) in [5, 5.41) is 0. The fraction of sp³-hybridized carbons (Fsp3) is 0.391. The van der Waals surface area contributed by atoms with E-state index in [1.165, 1.54) is 24.8 Å². The van der Waals surface area contributed by atoms with Crippen molar-refractivity contribution in [1.82, 2.24) is 14.3 Å². The first kappa shape index (κ1) is 18.7. The number of methoxy groups -OCH3 is 1. The number of nitrogens with zero attached hydrogens (tertiary/aromatic N) is 3. The summed E-state index contributed by atoms with van der Waals surface area (Å²) in [4.78, 5) is 19.8. The average molecular weight is 377 g/mol. The molecule has 5 nitrogen and oxygen atoms in total. The molecule has 1 saturated heterocycles. The Morgan fingerprint density at radius 3 is 2.71 bits per heavy atom. The molecule has 0 bridgehead atoms. The Morgan fingerprint density at radius 1 is 1.11 bits per heavy atom. The van der Waals surface area contributed by atoms with Crippen LogP contribution in [0.4, 0.5) is 0 Å². The third-order valence-electron chi connectivity index (χ3n) is 5.59. The summed E-state index contributed by atoms with van der Waals surface area (Å²) in [6.45, 7) is 3.69. The van der Waals surface area contributed by atoms with Crippen molar-refractivity contribution in [2.45, 2.75) is 45.2 Å². The first-order valence-corrected chi connectivity index (χ1v) is 10.0. The van der Waals surface area contributed by atoms with E-state index in [4.69, 9.17) is 9.72 Å². The molecule has 0 N–H and O–H groups in total. The quantitative estimate of drug-likeness (QED) is 0.686. The number of benzene rings is 1. The number of pyridine rings is 1. The summed E-state index contributed by atoms with van der Waals surface area (Å²) >= 11 is 0. The van der Waals surface area contributed by atoms with Crippen LogP contribution in [0, 0.1) is 6.92 Å². The van der Waals surface area contributed by atoms with Gasteiger partial charge in [-0.3, -0.25) is 14.1 Å². The molecular formula is C23H27N3O2. The van der Waals surface area contributed by atoms with Crippen LogP contribution in [0.15, 0.2) is 53.5 Å². The van der Waals surface area contributed by atoms with Crippen LogP contribution in [0.25, 0.3) is 5.65 Å². The lowest BCUT2D eigenvalue weighted by atomic mass is 10.0. The second-order valence-corrected chi connectivity index (χ2v) is 7.63. The third-order valence-corrected chi connectivity index (χ3v) is 5.59. The Labute approximate surface area is 165 Å². The highest BCUT2D eigenvalue weighted by atomic mass is 16.5. The maximum atomic E-state index is 12.6. The molecule has 5 heteroatoms. The number of rotatable bonds is 4. The van der Waals surface area contributed by atoms with Gasteiger partial charge in [-0.1, -0.05) is 31.0 Å². The minimum absolute atomic E-state index is 0.0143. The maximum absolute atomic E-state index is 12.6. The van der Waals surface area contributed by atoms with E-state index >= 15 is 0 Å². The van der Waals surface area contributed by atoms with Gasteiger partial charge in [0.25, 0.3) is 5.56 Å². The Hall–Kier alpha value is -2.66. The van der Waals surface area contributed by atoms with Gasteiger partial charge in [0, 0.05) is 24.8 Å². The second-order valence-electron chi connectivity index (χ2n) is 7.63. The van der Waals surface area contributed by atoms with Crippen molar-refractivity contribution in [1.29, 1.82) is 0 Å². The molecule has 0 saturated carbocycles. The minimum Gasteiger partial charge on any atom is -0.497 e. The van der Waals surface area contributed by atoms with Gasteiger partial charge in [-0.25, -0.2) is 4.98 Å². The molecular weight excluding hydrogens is 350 g/mol. The molecule has 1 aromatic carbocycles. The summed E-state index contributed by atoms with van der Waals surface area (Å²) in [6.07, 6.45) is 6.62. The minimum atomic E-state index is -0.0143. The van der Waals surface area contributed by atoms with Gasteiger partial charge in [0.15, 0.2) is 0 Å². The topological polar surface area (TPSA) is 46.8 Å². The van der Waals surface area contributed by atoms with Gasteiger partial charge in [-0.05, 0) is 55.6 Å². The fourth-order valence-corrected chi connectivity index (χ4v) is 4.11. The molecule has 2 aromatic heterocycles. The largest absolute Gasteiger partial charge is 0.497 e. The predicted molar refractivity (Wildman–Crippen MR) is 111 cm³/mol. The summed E-state index contributed by atoms with van der Waals surface area (Å²) in [7, 11) is 1.69. The van der Waals surface area contributed by atoms with Crippen molar-refractivity contribution in [3.05, 3.63) is 75.8 Å². The molecule has 0 unspecified atom stereocenters. The summed E-state index contributed by atoms with van der Waals surface area (Å²) in [5.41, 5.74) is 3.89. The van der Waals surface area contributed by atoms with Crippen LogP contribution in [0.3, 0.4) is 0 Å². The van der Waals surface area contributed by atoms with Gasteiger partial charge in [-0.2, -0.15) is 0 Å². The van der Waals surface area contributed by atoms with Crippen LogP contribution in [0.1, 0.15) is 48.5 Å². The molecule has 0 radical (unpaired) electrons. The molecule has 0 spiro atoms. The standard InChI is InChI=1S/C23H27N3O2/c1-17-7-12-22-24-19(14-23(27)26(22)15-17)16-25-13-5-3-4-6-21(25)18-8-10-20(28-2)11-9-18/h7-12,14-15,21H,3-6,13,16H2,1-2H3/t21-/m0/s1. The lowest BCUT2D eigenvalue weighted by molar-refractivity contribution is 0.190. The fourth-order valence-electron chi connectivity index (χ4n) is 4.11. The van der Waals surface area contributed by atoms with Crippen LogP contribution in [0.2, 0.25) is 0 Å². The van der Waals surface area contributed by atoms with Crippen LogP contribution < -0.4 is 10.3 Å². The lowest BCUT2D eigenvalue weighted by Gasteiger charge is -2.30. The molecule has 0 amide bonds. The van der Waals surface area contributed by atoms with Gasteiger partial charge in [0.05, 0.1) is 12.8 Å². The zero-order chi connectivity index (χ0) is 19.5. The number of hydrogen-bond acceptors (Lipinski definition) is 4.